The number of amidine groups is 1. The number of anilines is 1. The third-order valence-corrected chi connectivity index (χ3v) is 5.72. The highest BCUT2D eigenvalue weighted by Gasteiger charge is 2.23. The van der Waals surface area contributed by atoms with E-state index in [9.17, 15) is 9.59 Å². The molecule has 4 aromatic rings. The minimum atomic E-state index is -0.866. The van der Waals surface area contributed by atoms with E-state index in [0.29, 0.717) is 16.9 Å². The molecule has 4 rings (SSSR count). The molecule has 0 saturated heterocycles. The maximum absolute atomic E-state index is 13.2. The van der Waals surface area contributed by atoms with Crippen molar-refractivity contribution < 1.29 is 9.59 Å². The van der Waals surface area contributed by atoms with E-state index >= 15 is 0 Å². The van der Waals surface area contributed by atoms with Crippen LogP contribution >= 0.6 is 12.4 Å². The number of benzene rings is 3. The van der Waals surface area contributed by atoms with Crippen LogP contribution in [0.5, 0.6) is 0 Å². The first-order chi connectivity index (χ1) is 18.0. The first kappa shape index (κ1) is 27.9. The van der Waals surface area contributed by atoms with Crippen LogP contribution in [0.2, 0.25) is 0 Å². The topological polar surface area (TPSA) is 133 Å². The Morgan fingerprint density at radius 2 is 1.47 bits per heavy atom. The van der Waals surface area contributed by atoms with Gasteiger partial charge in [-0.25, -0.2) is 0 Å². The standard InChI is InChI=1S/C29H28N6O2.ClH/c30-28(31)22-14-9-15-23(18-22)34-27(24-16-7-8-17-32-24)29(37)33-19-25(36)35-26(20-10-3-1-4-11-20)21-12-5-2-6-13-21;/h1-18,26-27,34H,19H2,(H3,30,31)(H,33,37)(H,35,36);1H. The van der Waals surface area contributed by atoms with Crippen LogP contribution in [0.15, 0.2) is 109 Å². The van der Waals surface area contributed by atoms with Crippen molar-refractivity contribution in [2.45, 2.75) is 12.1 Å². The highest BCUT2D eigenvalue weighted by Crippen LogP contribution is 2.22. The number of hydrogen-bond donors (Lipinski definition) is 5. The Kier molecular flexibility index (Phi) is 9.96. The SMILES string of the molecule is Cl.N=C(N)c1cccc(NC(C(=O)NCC(=O)NC(c2ccccc2)c2ccccc2)c2ccccn2)c1. The summed E-state index contributed by atoms with van der Waals surface area (Å²) in [6, 6.07) is 30.3. The van der Waals surface area contributed by atoms with Crippen molar-refractivity contribution in [3.05, 3.63) is 132 Å². The number of rotatable bonds is 10. The molecule has 2 amide bonds. The lowest BCUT2D eigenvalue weighted by Crippen LogP contribution is -2.42. The summed E-state index contributed by atoms with van der Waals surface area (Å²) < 4.78 is 0. The number of nitrogens with one attached hydrogen (secondary N) is 4. The number of pyridine rings is 1. The highest BCUT2D eigenvalue weighted by molar-refractivity contribution is 5.96. The molecule has 0 aliphatic carbocycles. The molecule has 0 spiro atoms. The van der Waals surface area contributed by atoms with Gasteiger partial charge in [-0.15, -0.1) is 12.4 Å². The smallest absolute Gasteiger partial charge is 0.249 e. The largest absolute Gasteiger partial charge is 0.384 e. The maximum Gasteiger partial charge on any atom is 0.249 e. The fraction of sp³-hybridized carbons (Fsp3) is 0.103. The van der Waals surface area contributed by atoms with Crippen molar-refractivity contribution in [2.24, 2.45) is 5.73 Å². The fourth-order valence-corrected chi connectivity index (χ4v) is 3.90. The Morgan fingerprint density at radius 3 is 2.05 bits per heavy atom. The molecule has 1 aromatic heterocycles. The van der Waals surface area contributed by atoms with Gasteiger partial charge < -0.3 is 21.7 Å². The number of aromatic nitrogens is 1. The summed E-state index contributed by atoms with van der Waals surface area (Å²) in [5.74, 6) is -0.826. The molecule has 1 atom stereocenters. The second kappa shape index (κ2) is 13.6. The van der Waals surface area contributed by atoms with E-state index in [1.54, 1.807) is 48.7 Å². The van der Waals surface area contributed by atoms with Crippen LogP contribution in [0.4, 0.5) is 5.69 Å². The molecule has 3 aromatic carbocycles. The third-order valence-electron chi connectivity index (χ3n) is 5.72. The lowest BCUT2D eigenvalue weighted by molar-refractivity contribution is -0.126. The first-order valence-electron chi connectivity index (χ1n) is 11.8. The van der Waals surface area contributed by atoms with Crippen LogP contribution in [0, 0.1) is 5.41 Å². The predicted octanol–water partition coefficient (Wildman–Crippen LogP) is 3.96. The molecule has 1 heterocycles. The van der Waals surface area contributed by atoms with E-state index in [1.807, 2.05) is 60.7 Å². The summed E-state index contributed by atoms with van der Waals surface area (Å²) in [4.78, 5) is 30.5. The molecule has 0 fully saturated rings. The average molecular weight is 529 g/mol. The van der Waals surface area contributed by atoms with Gasteiger partial charge in [0, 0.05) is 17.4 Å². The summed E-state index contributed by atoms with van der Waals surface area (Å²) in [7, 11) is 0. The lowest BCUT2D eigenvalue weighted by atomic mass is 9.99. The summed E-state index contributed by atoms with van der Waals surface area (Å²) in [6.07, 6.45) is 1.60. The van der Waals surface area contributed by atoms with Crippen molar-refractivity contribution in [3.63, 3.8) is 0 Å². The molecule has 6 N–H and O–H groups in total. The molecule has 0 saturated carbocycles. The van der Waals surface area contributed by atoms with Gasteiger partial charge in [-0.1, -0.05) is 78.9 Å². The molecular formula is C29H29ClN6O2. The molecule has 0 bridgehead atoms. The summed E-state index contributed by atoms with van der Waals surface area (Å²) in [5.41, 5.74) is 9.09. The summed E-state index contributed by atoms with van der Waals surface area (Å²) >= 11 is 0. The Morgan fingerprint density at radius 1 is 0.842 bits per heavy atom. The minimum Gasteiger partial charge on any atom is -0.384 e. The van der Waals surface area contributed by atoms with Gasteiger partial charge in [0.15, 0.2) is 0 Å². The molecule has 9 heteroatoms. The summed E-state index contributed by atoms with van der Waals surface area (Å²) in [5, 5.41) is 16.6. The van der Waals surface area contributed by atoms with Gasteiger partial charge in [0.1, 0.15) is 11.9 Å². The summed E-state index contributed by atoms with van der Waals surface area (Å²) in [6.45, 7) is -0.215. The first-order valence-corrected chi connectivity index (χ1v) is 11.8. The van der Waals surface area contributed by atoms with Crippen molar-refractivity contribution >= 4 is 35.7 Å². The Hall–Kier alpha value is -4.69. The Balaban J connectivity index is 0.00000400. The molecule has 1 unspecified atom stereocenters. The van der Waals surface area contributed by atoms with E-state index in [-0.39, 0.29) is 36.7 Å². The van der Waals surface area contributed by atoms with Crippen LogP contribution in [0.25, 0.3) is 0 Å². The number of carbonyl (C=O) groups is 2. The van der Waals surface area contributed by atoms with E-state index in [4.69, 9.17) is 11.1 Å². The number of amides is 2. The monoisotopic (exact) mass is 528 g/mol. The highest BCUT2D eigenvalue weighted by atomic mass is 35.5. The van der Waals surface area contributed by atoms with Crippen LogP contribution in [0.1, 0.15) is 34.5 Å². The molecule has 8 nitrogen and oxygen atoms in total. The van der Waals surface area contributed by atoms with E-state index in [1.165, 1.54) is 0 Å². The van der Waals surface area contributed by atoms with Gasteiger partial charge in [-0.05, 0) is 35.4 Å². The molecule has 0 radical (unpaired) electrons. The Bertz CT molecular complexity index is 1310. The zero-order valence-corrected chi connectivity index (χ0v) is 21.3. The minimum absolute atomic E-state index is 0. The van der Waals surface area contributed by atoms with Crippen molar-refractivity contribution in [2.75, 3.05) is 11.9 Å². The number of nitrogens with zero attached hydrogens (tertiary/aromatic N) is 1. The van der Waals surface area contributed by atoms with Gasteiger partial charge in [0.2, 0.25) is 11.8 Å². The van der Waals surface area contributed by atoms with Gasteiger partial charge in [0.05, 0.1) is 18.3 Å². The maximum atomic E-state index is 13.2. The van der Waals surface area contributed by atoms with Crippen molar-refractivity contribution in [1.29, 1.82) is 5.41 Å². The molecular weight excluding hydrogens is 500 g/mol. The Labute approximate surface area is 227 Å². The van der Waals surface area contributed by atoms with E-state index in [0.717, 1.165) is 11.1 Å². The fourth-order valence-electron chi connectivity index (χ4n) is 3.90. The van der Waals surface area contributed by atoms with Crippen molar-refractivity contribution in [1.82, 2.24) is 15.6 Å². The van der Waals surface area contributed by atoms with Crippen molar-refractivity contribution in [3.8, 4) is 0 Å². The number of hydrogen-bond acceptors (Lipinski definition) is 5. The molecule has 0 aliphatic rings. The predicted molar refractivity (Wildman–Crippen MR) is 151 cm³/mol. The van der Waals surface area contributed by atoms with E-state index in [2.05, 4.69) is 20.9 Å². The van der Waals surface area contributed by atoms with Gasteiger partial charge in [0.25, 0.3) is 0 Å². The molecule has 38 heavy (non-hydrogen) atoms. The zero-order chi connectivity index (χ0) is 26.0. The lowest BCUT2D eigenvalue weighted by Gasteiger charge is -2.22. The van der Waals surface area contributed by atoms with Crippen LogP contribution in [0.3, 0.4) is 0 Å². The average Bonchev–Trinajstić information content (AvgIpc) is 2.95. The number of carbonyl (C=O) groups excluding carboxylic acids is 2. The second-order valence-corrected chi connectivity index (χ2v) is 8.37. The van der Waals surface area contributed by atoms with Gasteiger partial charge >= 0.3 is 0 Å². The van der Waals surface area contributed by atoms with E-state index < -0.39 is 11.9 Å². The van der Waals surface area contributed by atoms with Gasteiger partial charge in [-0.3, -0.25) is 20.0 Å². The van der Waals surface area contributed by atoms with Gasteiger partial charge in [-0.2, -0.15) is 0 Å². The second-order valence-electron chi connectivity index (χ2n) is 8.37. The zero-order valence-electron chi connectivity index (χ0n) is 20.5. The third kappa shape index (κ3) is 7.41. The quantitative estimate of drug-likeness (QED) is 0.157. The molecule has 194 valence electrons. The number of nitrogens with two attached hydrogens (primary N) is 1. The number of halogens is 1. The molecule has 0 aliphatic heterocycles. The number of nitrogen functional groups attached to an aromatic ring is 1. The van der Waals surface area contributed by atoms with Crippen LogP contribution < -0.4 is 21.7 Å². The van der Waals surface area contributed by atoms with Crippen LogP contribution in [-0.2, 0) is 9.59 Å². The normalized spacial score (nSPS) is 11.1. The van der Waals surface area contributed by atoms with Crippen LogP contribution in [-0.4, -0.2) is 29.2 Å².